The predicted molar refractivity (Wildman–Crippen MR) is 147 cm³/mol. The molecule has 0 aromatic carbocycles. The predicted octanol–water partition coefficient (Wildman–Crippen LogP) is 3.40. The number of pyridine rings is 1. The molecule has 3 aliphatic rings. The van der Waals surface area contributed by atoms with E-state index >= 15 is 0 Å². The first-order valence-corrected chi connectivity index (χ1v) is 13.9. The van der Waals surface area contributed by atoms with E-state index in [4.69, 9.17) is 16.6 Å². The summed E-state index contributed by atoms with van der Waals surface area (Å²) in [5, 5.41) is 10.9. The zero-order valence-corrected chi connectivity index (χ0v) is 22.7. The van der Waals surface area contributed by atoms with E-state index in [1.165, 1.54) is 18.5 Å². The fraction of sp³-hybridized carbons (Fsp3) is 0.481. The van der Waals surface area contributed by atoms with Crippen molar-refractivity contribution >= 4 is 35.2 Å². The molecule has 12 heteroatoms. The largest absolute Gasteiger partial charge is 0.351 e. The van der Waals surface area contributed by atoms with Crippen LogP contribution in [0.25, 0.3) is 11.3 Å². The second kappa shape index (κ2) is 10.9. The van der Waals surface area contributed by atoms with Crippen molar-refractivity contribution in [3.8, 4) is 11.3 Å². The minimum Gasteiger partial charge on any atom is -0.351 e. The lowest BCUT2D eigenvalue weighted by Crippen LogP contribution is -2.50. The van der Waals surface area contributed by atoms with E-state index in [0.29, 0.717) is 24.1 Å². The number of rotatable bonds is 8. The van der Waals surface area contributed by atoms with Gasteiger partial charge in [0.15, 0.2) is 0 Å². The van der Waals surface area contributed by atoms with Crippen LogP contribution < -0.4 is 15.5 Å². The number of halogens is 1. The zero-order valence-electron chi connectivity index (χ0n) is 21.9. The summed E-state index contributed by atoms with van der Waals surface area (Å²) in [6, 6.07) is 1.80. The maximum atomic E-state index is 12.4. The van der Waals surface area contributed by atoms with Crippen molar-refractivity contribution in [2.45, 2.75) is 51.1 Å². The second-order valence-corrected chi connectivity index (χ2v) is 11.0. The number of amides is 3. The summed E-state index contributed by atoms with van der Waals surface area (Å²) in [5.74, 6) is 1.07. The van der Waals surface area contributed by atoms with E-state index in [1.54, 1.807) is 23.5 Å². The first-order chi connectivity index (χ1) is 18.9. The van der Waals surface area contributed by atoms with Crippen LogP contribution in [0.2, 0.25) is 5.02 Å². The molecule has 6 rings (SSSR count). The summed E-state index contributed by atoms with van der Waals surface area (Å²) in [6.07, 6.45) is 12.6. The van der Waals surface area contributed by atoms with Crippen LogP contribution in [0.1, 0.15) is 43.4 Å². The van der Waals surface area contributed by atoms with Crippen LogP contribution in [0.4, 0.5) is 16.4 Å². The molecule has 0 atom stereocenters. The maximum Gasteiger partial charge on any atom is 0.328 e. The number of nitrogens with zero attached hydrogens (tertiary/aromatic N) is 7. The number of imide groups is 1. The van der Waals surface area contributed by atoms with Crippen LogP contribution in [-0.2, 0) is 24.8 Å². The normalized spacial score (nSPS) is 18.9. The quantitative estimate of drug-likeness (QED) is 0.438. The summed E-state index contributed by atoms with van der Waals surface area (Å²) in [7, 11) is 1.97. The standard InChI is InChI=1S/C27H32ClN9O2/c1-35-22(12-17-2-3-17)20(13-31-35)25-21(28)14-30-26(34-25)32-19-5-9-36(10-6-19)16-18-4-8-29-15-23(18)37-11-7-24(38)33-27(37)39/h4,8,13-15,17,19H,2-3,5-7,9-12,16H2,1H3,(H,30,32,34)(H,33,38,39). The molecular weight excluding hydrogens is 518 g/mol. The van der Waals surface area contributed by atoms with Crippen LogP contribution in [0.3, 0.4) is 0 Å². The van der Waals surface area contributed by atoms with Crippen LogP contribution in [0, 0.1) is 5.92 Å². The first kappa shape index (κ1) is 25.7. The maximum absolute atomic E-state index is 12.4. The highest BCUT2D eigenvalue weighted by molar-refractivity contribution is 6.33. The van der Waals surface area contributed by atoms with Crippen LogP contribution in [0.15, 0.2) is 30.9 Å². The average molecular weight is 550 g/mol. The molecule has 3 aromatic heterocycles. The van der Waals surface area contributed by atoms with E-state index in [2.05, 4.69) is 30.6 Å². The Balaban J connectivity index is 1.09. The second-order valence-electron chi connectivity index (χ2n) is 10.6. The average Bonchev–Trinajstić information content (AvgIpc) is 3.68. The number of aromatic nitrogens is 5. The number of aryl methyl sites for hydroxylation is 1. The minimum absolute atomic E-state index is 0.242. The molecular formula is C27H32ClN9O2. The third kappa shape index (κ3) is 5.74. The van der Waals surface area contributed by atoms with Gasteiger partial charge in [-0.2, -0.15) is 5.10 Å². The number of hydrogen-bond acceptors (Lipinski definition) is 8. The molecule has 1 aliphatic carbocycles. The third-order valence-corrected chi connectivity index (χ3v) is 8.06. The van der Waals surface area contributed by atoms with E-state index in [-0.39, 0.29) is 18.4 Å². The van der Waals surface area contributed by atoms with Gasteiger partial charge in [0.1, 0.15) is 0 Å². The Hall–Kier alpha value is -3.57. The molecule has 1 saturated carbocycles. The van der Waals surface area contributed by atoms with Crippen molar-refractivity contribution < 1.29 is 9.59 Å². The van der Waals surface area contributed by atoms with Crippen LogP contribution in [-0.4, -0.2) is 67.2 Å². The molecule has 5 heterocycles. The highest BCUT2D eigenvalue weighted by atomic mass is 35.5. The van der Waals surface area contributed by atoms with Crippen LogP contribution in [0.5, 0.6) is 0 Å². The van der Waals surface area contributed by atoms with Gasteiger partial charge in [0.2, 0.25) is 11.9 Å². The topological polar surface area (TPSA) is 121 Å². The lowest BCUT2D eigenvalue weighted by Gasteiger charge is -2.34. The summed E-state index contributed by atoms with van der Waals surface area (Å²) in [4.78, 5) is 41.4. The molecule has 2 aliphatic heterocycles. The minimum atomic E-state index is -0.392. The van der Waals surface area contributed by atoms with E-state index in [1.807, 2.05) is 24.0 Å². The van der Waals surface area contributed by atoms with Crippen LogP contribution >= 0.6 is 11.6 Å². The lowest BCUT2D eigenvalue weighted by molar-refractivity contribution is -0.120. The Bertz CT molecular complexity index is 1380. The molecule has 0 bridgehead atoms. The van der Waals surface area contributed by atoms with Crippen molar-refractivity contribution in [1.29, 1.82) is 0 Å². The molecule has 11 nitrogen and oxygen atoms in total. The number of carbonyl (C=O) groups is 2. The number of carbonyl (C=O) groups excluding carboxylic acids is 2. The number of hydrogen-bond donors (Lipinski definition) is 2. The van der Waals surface area contributed by atoms with E-state index in [0.717, 1.165) is 60.8 Å². The van der Waals surface area contributed by atoms with Gasteiger partial charge in [0, 0.05) is 63.1 Å². The third-order valence-electron chi connectivity index (χ3n) is 7.79. The SMILES string of the molecule is Cn1ncc(-c2nc(NC3CCN(Cc4ccncc4N4CCC(=O)NC4=O)CC3)ncc2Cl)c1CC1CC1. The Morgan fingerprint density at radius 1 is 1.10 bits per heavy atom. The van der Waals surface area contributed by atoms with Crippen molar-refractivity contribution in [2.24, 2.45) is 13.0 Å². The van der Waals surface area contributed by atoms with Gasteiger partial charge in [0.25, 0.3) is 0 Å². The molecule has 2 N–H and O–H groups in total. The molecule has 204 valence electrons. The molecule has 0 spiro atoms. The van der Waals surface area contributed by atoms with Gasteiger partial charge in [-0.25, -0.2) is 14.8 Å². The smallest absolute Gasteiger partial charge is 0.328 e. The number of anilines is 2. The molecule has 0 radical (unpaired) electrons. The van der Waals surface area contributed by atoms with Gasteiger partial charge >= 0.3 is 6.03 Å². The summed E-state index contributed by atoms with van der Waals surface area (Å²) >= 11 is 6.54. The molecule has 0 unspecified atom stereocenters. The Labute approximate surface area is 232 Å². The van der Waals surface area contributed by atoms with E-state index in [9.17, 15) is 9.59 Å². The fourth-order valence-corrected chi connectivity index (χ4v) is 5.56. The molecule has 39 heavy (non-hydrogen) atoms. The molecule has 3 amide bonds. The summed E-state index contributed by atoms with van der Waals surface area (Å²) in [6.45, 7) is 2.84. The lowest BCUT2D eigenvalue weighted by atomic mass is 10.0. The fourth-order valence-electron chi connectivity index (χ4n) is 5.37. The molecule has 2 saturated heterocycles. The van der Waals surface area contributed by atoms with Gasteiger partial charge in [-0.05, 0) is 49.7 Å². The molecule has 3 fully saturated rings. The van der Waals surface area contributed by atoms with E-state index < -0.39 is 6.03 Å². The van der Waals surface area contributed by atoms with Gasteiger partial charge in [-0.15, -0.1) is 0 Å². The van der Waals surface area contributed by atoms with Gasteiger partial charge < -0.3 is 5.32 Å². The number of likely N-dealkylation sites (tertiary alicyclic amines) is 1. The number of nitrogens with one attached hydrogen (secondary N) is 2. The first-order valence-electron chi connectivity index (χ1n) is 13.5. The summed E-state index contributed by atoms with van der Waals surface area (Å²) < 4.78 is 1.93. The number of urea groups is 1. The van der Waals surface area contributed by atoms with Crippen molar-refractivity contribution in [1.82, 2.24) is 34.9 Å². The van der Waals surface area contributed by atoms with Gasteiger partial charge in [-0.3, -0.25) is 29.6 Å². The number of piperidine rings is 1. The Morgan fingerprint density at radius 3 is 2.69 bits per heavy atom. The van der Waals surface area contributed by atoms with Crippen molar-refractivity contribution in [2.75, 3.05) is 29.9 Å². The highest BCUT2D eigenvalue weighted by Crippen LogP contribution is 2.37. The van der Waals surface area contributed by atoms with Gasteiger partial charge in [-0.1, -0.05) is 11.6 Å². The monoisotopic (exact) mass is 549 g/mol. The Kier molecular flexibility index (Phi) is 7.18. The Morgan fingerprint density at radius 2 is 1.92 bits per heavy atom. The van der Waals surface area contributed by atoms with Crippen molar-refractivity contribution in [3.05, 3.63) is 47.1 Å². The van der Waals surface area contributed by atoms with Crippen molar-refractivity contribution in [3.63, 3.8) is 0 Å². The molecule has 3 aromatic rings. The summed E-state index contributed by atoms with van der Waals surface area (Å²) in [5.41, 5.74) is 4.64. The highest BCUT2D eigenvalue weighted by Gasteiger charge is 2.28. The van der Waals surface area contributed by atoms with Gasteiger partial charge in [0.05, 0.1) is 35.0 Å². The zero-order chi connectivity index (χ0) is 26.9.